The van der Waals surface area contributed by atoms with Crippen molar-refractivity contribution < 1.29 is 23.1 Å². The molecular weight excluding hydrogens is 337 g/mol. The first-order valence-electron chi connectivity index (χ1n) is 7.25. The third kappa shape index (κ3) is 3.18. The van der Waals surface area contributed by atoms with Crippen LogP contribution in [0.5, 0.6) is 0 Å². The van der Waals surface area contributed by atoms with Crippen LogP contribution in [0.4, 0.5) is 13.2 Å². The molecule has 0 aliphatic carbocycles. The fourth-order valence-electron chi connectivity index (χ4n) is 2.58. The van der Waals surface area contributed by atoms with Gasteiger partial charge in [-0.3, -0.25) is 9.78 Å². The number of nitrogens with two attached hydrogens (primary N) is 1. The minimum Gasteiger partial charge on any atom is -0.480 e. The van der Waals surface area contributed by atoms with Crippen molar-refractivity contribution >= 4 is 11.6 Å². The van der Waals surface area contributed by atoms with Gasteiger partial charge in [-0.2, -0.15) is 13.2 Å². The van der Waals surface area contributed by atoms with Crippen LogP contribution in [-0.4, -0.2) is 31.5 Å². The number of hydrogen-bond acceptors (Lipinski definition) is 4. The van der Waals surface area contributed by atoms with E-state index in [1.807, 2.05) is 0 Å². The molecular formula is C16H13F3N4O2. The Morgan fingerprint density at radius 1 is 1.24 bits per heavy atom. The van der Waals surface area contributed by atoms with Crippen LogP contribution < -0.4 is 5.73 Å². The summed E-state index contributed by atoms with van der Waals surface area (Å²) in [4.78, 5) is 18.9. The van der Waals surface area contributed by atoms with Crippen LogP contribution in [0, 0.1) is 0 Å². The standard InChI is InChI=1S/C16H13F3N4O2/c17-16(18,19)11-2-1-5-21-13(11)10-4-3-9(8-12(20)15(24)25)23-7-6-22-14(10)23/h1-7,12H,8,20H2,(H,24,25)/t12-/m0/s1. The third-order valence-electron chi connectivity index (χ3n) is 3.75. The smallest absolute Gasteiger partial charge is 0.418 e. The van der Waals surface area contributed by atoms with Gasteiger partial charge in [0, 0.05) is 36.3 Å². The van der Waals surface area contributed by atoms with Gasteiger partial charge in [0.05, 0.1) is 11.3 Å². The van der Waals surface area contributed by atoms with Crippen LogP contribution >= 0.6 is 0 Å². The SMILES string of the molecule is N[C@@H](Cc1ccc(-c2ncccc2C(F)(F)F)c2nccn12)C(=O)O. The van der Waals surface area contributed by atoms with Crippen molar-refractivity contribution in [1.82, 2.24) is 14.4 Å². The summed E-state index contributed by atoms with van der Waals surface area (Å²) in [6, 6.07) is 4.02. The minimum atomic E-state index is -4.56. The van der Waals surface area contributed by atoms with E-state index >= 15 is 0 Å². The average Bonchev–Trinajstić information content (AvgIpc) is 3.04. The van der Waals surface area contributed by atoms with E-state index in [2.05, 4.69) is 9.97 Å². The molecule has 0 aromatic carbocycles. The average molecular weight is 350 g/mol. The molecule has 0 saturated heterocycles. The highest BCUT2D eigenvalue weighted by Gasteiger charge is 2.35. The maximum absolute atomic E-state index is 13.3. The van der Waals surface area contributed by atoms with E-state index in [1.54, 1.807) is 6.20 Å². The predicted octanol–water partition coefficient (Wildman–Crippen LogP) is 2.37. The second kappa shape index (κ2) is 6.17. The Morgan fingerprint density at radius 3 is 2.68 bits per heavy atom. The van der Waals surface area contributed by atoms with Gasteiger partial charge in [0.1, 0.15) is 11.7 Å². The lowest BCUT2D eigenvalue weighted by molar-refractivity contribution is -0.139. The summed E-state index contributed by atoms with van der Waals surface area (Å²) in [5, 5.41) is 8.94. The quantitative estimate of drug-likeness (QED) is 0.753. The maximum Gasteiger partial charge on any atom is 0.418 e. The van der Waals surface area contributed by atoms with E-state index in [9.17, 15) is 18.0 Å². The highest BCUT2D eigenvalue weighted by Crippen LogP contribution is 2.36. The zero-order chi connectivity index (χ0) is 18.2. The highest BCUT2D eigenvalue weighted by molar-refractivity contribution is 5.78. The van der Waals surface area contributed by atoms with E-state index in [-0.39, 0.29) is 23.3 Å². The number of carboxylic acid groups (broad SMARTS) is 1. The van der Waals surface area contributed by atoms with Gasteiger partial charge in [-0.25, -0.2) is 4.98 Å². The molecule has 0 fully saturated rings. The van der Waals surface area contributed by atoms with Crippen molar-refractivity contribution in [3.8, 4) is 11.3 Å². The molecule has 3 N–H and O–H groups in total. The molecule has 130 valence electrons. The second-order valence-corrected chi connectivity index (χ2v) is 5.41. The highest BCUT2D eigenvalue weighted by atomic mass is 19.4. The lowest BCUT2D eigenvalue weighted by Gasteiger charge is -2.14. The zero-order valence-electron chi connectivity index (χ0n) is 12.7. The third-order valence-corrected chi connectivity index (χ3v) is 3.75. The molecule has 3 aromatic heterocycles. The number of rotatable bonds is 4. The van der Waals surface area contributed by atoms with Crippen LogP contribution in [-0.2, 0) is 17.4 Å². The number of aromatic nitrogens is 3. The first-order chi connectivity index (χ1) is 11.8. The van der Waals surface area contributed by atoms with Crippen molar-refractivity contribution in [1.29, 1.82) is 0 Å². The van der Waals surface area contributed by atoms with E-state index < -0.39 is 23.8 Å². The Morgan fingerprint density at radius 2 is 2.00 bits per heavy atom. The van der Waals surface area contributed by atoms with Gasteiger partial charge in [0.25, 0.3) is 0 Å². The molecule has 0 radical (unpaired) electrons. The van der Waals surface area contributed by atoms with Crippen LogP contribution in [0.2, 0.25) is 0 Å². The molecule has 3 heterocycles. The largest absolute Gasteiger partial charge is 0.480 e. The van der Waals surface area contributed by atoms with Crippen molar-refractivity contribution in [3.63, 3.8) is 0 Å². The van der Waals surface area contributed by atoms with Crippen molar-refractivity contribution in [2.75, 3.05) is 0 Å². The molecule has 0 saturated carbocycles. The molecule has 0 aliphatic heterocycles. The summed E-state index contributed by atoms with van der Waals surface area (Å²) in [5.41, 5.74) is 5.42. The molecule has 0 spiro atoms. The van der Waals surface area contributed by atoms with E-state index in [0.29, 0.717) is 5.69 Å². The van der Waals surface area contributed by atoms with Crippen LogP contribution in [0.3, 0.4) is 0 Å². The number of carbonyl (C=O) groups is 1. The Hall–Kier alpha value is -2.94. The Kier molecular flexibility index (Phi) is 4.17. The summed E-state index contributed by atoms with van der Waals surface area (Å²) >= 11 is 0. The molecule has 3 rings (SSSR count). The van der Waals surface area contributed by atoms with E-state index in [1.165, 1.54) is 35.0 Å². The van der Waals surface area contributed by atoms with E-state index in [0.717, 1.165) is 6.07 Å². The number of imidazole rings is 1. The first-order valence-corrected chi connectivity index (χ1v) is 7.25. The fourth-order valence-corrected chi connectivity index (χ4v) is 2.58. The fraction of sp³-hybridized carbons (Fsp3) is 0.188. The van der Waals surface area contributed by atoms with Gasteiger partial charge >= 0.3 is 12.1 Å². The minimum absolute atomic E-state index is 0.0107. The zero-order valence-corrected chi connectivity index (χ0v) is 12.7. The molecule has 0 aliphatic rings. The second-order valence-electron chi connectivity index (χ2n) is 5.41. The summed E-state index contributed by atoms with van der Waals surface area (Å²) in [6.45, 7) is 0. The Labute approximate surface area is 139 Å². The van der Waals surface area contributed by atoms with Gasteiger partial charge in [-0.05, 0) is 24.3 Å². The van der Waals surface area contributed by atoms with Crippen LogP contribution in [0.15, 0.2) is 42.9 Å². The van der Waals surface area contributed by atoms with Gasteiger partial charge < -0.3 is 15.2 Å². The monoisotopic (exact) mass is 350 g/mol. The molecule has 0 bridgehead atoms. The number of hydrogen-bond donors (Lipinski definition) is 2. The Balaban J connectivity index is 2.15. The van der Waals surface area contributed by atoms with Gasteiger partial charge in [0.2, 0.25) is 0 Å². The number of halogens is 3. The molecule has 1 atom stereocenters. The summed E-state index contributed by atoms with van der Waals surface area (Å²) < 4.78 is 41.3. The summed E-state index contributed by atoms with van der Waals surface area (Å²) in [5.74, 6) is -1.17. The number of pyridine rings is 2. The topological polar surface area (TPSA) is 93.5 Å². The predicted molar refractivity (Wildman–Crippen MR) is 82.7 cm³/mol. The van der Waals surface area contributed by atoms with Gasteiger partial charge in [-0.15, -0.1) is 0 Å². The van der Waals surface area contributed by atoms with E-state index in [4.69, 9.17) is 10.8 Å². The van der Waals surface area contributed by atoms with Crippen molar-refractivity contribution in [2.24, 2.45) is 5.73 Å². The number of aliphatic carboxylic acids is 1. The van der Waals surface area contributed by atoms with Gasteiger partial charge in [-0.1, -0.05) is 0 Å². The van der Waals surface area contributed by atoms with Crippen molar-refractivity contribution in [3.05, 3.63) is 54.1 Å². The molecule has 3 aromatic rings. The summed E-state index contributed by atoms with van der Waals surface area (Å²) in [6.07, 6.45) is -0.309. The van der Waals surface area contributed by atoms with Gasteiger partial charge in [0.15, 0.2) is 0 Å². The number of alkyl halides is 3. The molecule has 0 unspecified atom stereocenters. The molecule has 9 heteroatoms. The Bertz CT molecular complexity index is 937. The summed E-state index contributed by atoms with van der Waals surface area (Å²) in [7, 11) is 0. The van der Waals surface area contributed by atoms with Crippen molar-refractivity contribution in [2.45, 2.75) is 18.6 Å². The van der Waals surface area contributed by atoms with Crippen LogP contribution in [0.1, 0.15) is 11.3 Å². The number of carboxylic acids is 1. The molecule has 6 nitrogen and oxygen atoms in total. The lowest BCUT2D eigenvalue weighted by Crippen LogP contribution is -2.32. The first kappa shape index (κ1) is 16.9. The molecule has 25 heavy (non-hydrogen) atoms. The maximum atomic E-state index is 13.3. The van der Waals surface area contributed by atoms with Crippen LogP contribution in [0.25, 0.3) is 16.9 Å². The number of fused-ring (bicyclic) bond motifs is 1. The molecule has 0 amide bonds. The lowest BCUT2D eigenvalue weighted by atomic mass is 10.0. The number of nitrogens with zero attached hydrogens (tertiary/aromatic N) is 3. The normalized spacial score (nSPS) is 13.1.